The second-order valence-corrected chi connectivity index (χ2v) is 5.75. The van der Waals surface area contributed by atoms with Crippen LogP contribution in [0.4, 0.5) is 0 Å². The van der Waals surface area contributed by atoms with Gasteiger partial charge in [0.15, 0.2) is 6.23 Å². The van der Waals surface area contributed by atoms with E-state index in [9.17, 15) is 9.90 Å². The van der Waals surface area contributed by atoms with E-state index in [2.05, 4.69) is 12.2 Å². The van der Waals surface area contributed by atoms with E-state index in [1.165, 1.54) is 57.8 Å². The van der Waals surface area contributed by atoms with E-state index >= 15 is 0 Å². The minimum absolute atomic E-state index is 0.0808. The van der Waals surface area contributed by atoms with Crippen LogP contribution in [0.2, 0.25) is 0 Å². The van der Waals surface area contributed by atoms with Gasteiger partial charge in [0.05, 0.1) is 0 Å². The Morgan fingerprint density at radius 1 is 0.800 bits per heavy atom. The maximum Gasteiger partial charge on any atom is 0.222 e. The van der Waals surface area contributed by atoms with Gasteiger partial charge < -0.3 is 5.32 Å². The van der Waals surface area contributed by atoms with Crippen molar-refractivity contribution in [1.82, 2.24) is 5.32 Å². The lowest BCUT2D eigenvalue weighted by molar-refractivity contribution is -0.125. The SMILES string of the molecule is CCCCCCCCCCCCCC(=O)NC([O])CC. The van der Waals surface area contributed by atoms with Crippen LogP contribution in [0.1, 0.15) is 97.3 Å². The minimum Gasteiger partial charge on any atom is -0.328 e. The van der Waals surface area contributed by atoms with Gasteiger partial charge in [0.2, 0.25) is 5.91 Å². The molecule has 3 nitrogen and oxygen atoms in total. The van der Waals surface area contributed by atoms with E-state index in [4.69, 9.17) is 0 Å². The number of unbranched alkanes of at least 4 members (excludes halogenated alkanes) is 10. The third-order valence-electron chi connectivity index (χ3n) is 3.70. The summed E-state index contributed by atoms with van der Waals surface area (Å²) in [6, 6.07) is 0. The quantitative estimate of drug-likeness (QED) is 0.355. The molecule has 0 saturated heterocycles. The Hall–Kier alpha value is -0.570. The summed E-state index contributed by atoms with van der Waals surface area (Å²) >= 11 is 0. The van der Waals surface area contributed by atoms with Crippen LogP contribution in [0.15, 0.2) is 0 Å². The topological polar surface area (TPSA) is 49.0 Å². The highest BCUT2D eigenvalue weighted by Crippen LogP contribution is 2.11. The molecule has 0 aliphatic heterocycles. The molecule has 0 aromatic carbocycles. The molecule has 1 amide bonds. The molecular formula is C17H34NO2. The fourth-order valence-electron chi connectivity index (χ4n) is 2.30. The lowest BCUT2D eigenvalue weighted by Crippen LogP contribution is -2.32. The summed E-state index contributed by atoms with van der Waals surface area (Å²) in [6.07, 6.45) is 14.1. The molecule has 0 saturated carbocycles. The van der Waals surface area contributed by atoms with Crippen molar-refractivity contribution in [3.63, 3.8) is 0 Å². The first-order chi connectivity index (χ1) is 9.70. The molecular weight excluding hydrogens is 250 g/mol. The van der Waals surface area contributed by atoms with Gasteiger partial charge >= 0.3 is 0 Å². The van der Waals surface area contributed by atoms with E-state index in [0.717, 1.165) is 12.8 Å². The normalized spacial score (nSPS) is 12.3. The van der Waals surface area contributed by atoms with Crippen molar-refractivity contribution in [2.45, 2.75) is 104 Å². The summed E-state index contributed by atoms with van der Waals surface area (Å²) in [5.41, 5.74) is 0. The third-order valence-corrected chi connectivity index (χ3v) is 3.70. The fraction of sp³-hybridized carbons (Fsp3) is 0.941. The van der Waals surface area contributed by atoms with Crippen LogP contribution >= 0.6 is 0 Å². The first-order valence-electron chi connectivity index (χ1n) is 8.65. The Kier molecular flexibility index (Phi) is 14.4. The number of rotatable bonds is 14. The summed E-state index contributed by atoms with van der Waals surface area (Å²) in [4.78, 5) is 11.4. The molecule has 0 heterocycles. The Morgan fingerprint density at radius 2 is 1.25 bits per heavy atom. The van der Waals surface area contributed by atoms with Crippen molar-refractivity contribution < 1.29 is 9.90 Å². The number of carbonyl (C=O) groups is 1. The monoisotopic (exact) mass is 284 g/mol. The lowest BCUT2D eigenvalue weighted by atomic mass is 10.1. The maximum absolute atomic E-state index is 11.4. The molecule has 0 fully saturated rings. The van der Waals surface area contributed by atoms with Crippen molar-refractivity contribution in [3.05, 3.63) is 0 Å². The molecule has 3 heteroatoms. The first kappa shape index (κ1) is 19.4. The highest BCUT2D eigenvalue weighted by Gasteiger charge is 2.06. The summed E-state index contributed by atoms with van der Waals surface area (Å²) in [5, 5.41) is 13.5. The summed E-state index contributed by atoms with van der Waals surface area (Å²) in [6.45, 7) is 4.04. The molecule has 1 radical (unpaired) electrons. The van der Waals surface area contributed by atoms with Gasteiger partial charge in [-0.25, -0.2) is 5.11 Å². The Labute approximate surface area is 125 Å². The fourth-order valence-corrected chi connectivity index (χ4v) is 2.30. The third kappa shape index (κ3) is 13.9. The maximum atomic E-state index is 11.4. The number of hydrogen-bond acceptors (Lipinski definition) is 1. The summed E-state index contributed by atoms with van der Waals surface area (Å²) in [7, 11) is 0. The molecule has 0 bridgehead atoms. The predicted octanol–water partition coefficient (Wildman–Crippen LogP) is 4.97. The summed E-state index contributed by atoms with van der Waals surface area (Å²) < 4.78 is 0. The van der Waals surface area contributed by atoms with Gasteiger partial charge in [-0.1, -0.05) is 78.1 Å². The molecule has 119 valence electrons. The zero-order valence-electron chi connectivity index (χ0n) is 13.6. The van der Waals surface area contributed by atoms with E-state index in [1.807, 2.05) is 0 Å². The molecule has 1 atom stereocenters. The smallest absolute Gasteiger partial charge is 0.222 e. The molecule has 0 rings (SSSR count). The van der Waals surface area contributed by atoms with Crippen molar-refractivity contribution >= 4 is 5.91 Å². The second kappa shape index (κ2) is 14.8. The standard InChI is InChI=1S/C17H34NO2/c1-3-5-6-7-8-9-10-11-12-13-14-15-17(20)18-16(19)4-2/h16H,3-15H2,1-2H3,(H,18,20). The number of amides is 1. The van der Waals surface area contributed by atoms with Crippen LogP contribution in [0.3, 0.4) is 0 Å². The predicted molar refractivity (Wildman–Crippen MR) is 84.0 cm³/mol. The average molecular weight is 284 g/mol. The highest BCUT2D eigenvalue weighted by atomic mass is 16.3. The van der Waals surface area contributed by atoms with Crippen LogP contribution in [-0.4, -0.2) is 12.1 Å². The van der Waals surface area contributed by atoms with E-state index in [1.54, 1.807) is 6.92 Å². The number of hydrogen-bond donors (Lipinski definition) is 1. The van der Waals surface area contributed by atoms with Crippen LogP contribution in [0, 0.1) is 0 Å². The van der Waals surface area contributed by atoms with Crippen LogP contribution < -0.4 is 5.32 Å². The average Bonchev–Trinajstić information content (AvgIpc) is 2.44. The van der Waals surface area contributed by atoms with E-state index in [-0.39, 0.29) is 5.91 Å². The van der Waals surface area contributed by atoms with Crippen molar-refractivity contribution in [2.75, 3.05) is 0 Å². The largest absolute Gasteiger partial charge is 0.328 e. The molecule has 20 heavy (non-hydrogen) atoms. The zero-order valence-corrected chi connectivity index (χ0v) is 13.6. The Balaban J connectivity index is 3.14. The van der Waals surface area contributed by atoms with Gasteiger partial charge in [-0.05, 0) is 12.8 Å². The van der Waals surface area contributed by atoms with Crippen molar-refractivity contribution in [2.24, 2.45) is 0 Å². The minimum atomic E-state index is -0.921. The van der Waals surface area contributed by atoms with Crippen molar-refractivity contribution in [3.8, 4) is 0 Å². The highest BCUT2D eigenvalue weighted by molar-refractivity contribution is 5.75. The molecule has 0 spiro atoms. The number of carbonyl (C=O) groups excluding carboxylic acids is 1. The molecule has 1 unspecified atom stereocenters. The van der Waals surface area contributed by atoms with E-state index in [0.29, 0.717) is 12.8 Å². The molecule has 0 aromatic rings. The number of nitrogens with one attached hydrogen (secondary N) is 1. The van der Waals surface area contributed by atoms with Gasteiger partial charge in [-0.2, -0.15) is 0 Å². The Bertz CT molecular complexity index is 219. The van der Waals surface area contributed by atoms with Gasteiger partial charge in [0, 0.05) is 6.42 Å². The van der Waals surface area contributed by atoms with Gasteiger partial charge in [-0.15, -0.1) is 0 Å². The van der Waals surface area contributed by atoms with Crippen molar-refractivity contribution in [1.29, 1.82) is 0 Å². The molecule has 0 aliphatic carbocycles. The molecule has 1 N–H and O–H groups in total. The lowest BCUT2D eigenvalue weighted by Gasteiger charge is -2.08. The molecule has 0 aliphatic rings. The van der Waals surface area contributed by atoms with Crippen LogP contribution in [-0.2, 0) is 9.90 Å². The van der Waals surface area contributed by atoms with Gasteiger partial charge in [0.1, 0.15) is 0 Å². The van der Waals surface area contributed by atoms with Gasteiger partial charge in [-0.3, -0.25) is 4.79 Å². The van der Waals surface area contributed by atoms with E-state index < -0.39 is 6.23 Å². The van der Waals surface area contributed by atoms with Crippen LogP contribution in [0.25, 0.3) is 0 Å². The molecule has 0 aromatic heterocycles. The second-order valence-electron chi connectivity index (χ2n) is 5.75. The van der Waals surface area contributed by atoms with Crippen LogP contribution in [0.5, 0.6) is 0 Å². The van der Waals surface area contributed by atoms with Gasteiger partial charge in [0.25, 0.3) is 0 Å². The first-order valence-corrected chi connectivity index (χ1v) is 8.65. The summed E-state index contributed by atoms with van der Waals surface area (Å²) in [5.74, 6) is -0.0808. The zero-order chi connectivity index (χ0) is 15.1. The Morgan fingerprint density at radius 3 is 1.70 bits per heavy atom.